The second-order valence-corrected chi connectivity index (χ2v) is 3.28. The lowest BCUT2D eigenvalue weighted by Crippen LogP contribution is -2.04. The molecule has 5 heteroatoms. The molecule has 0 spiro atoms. The van der Waals surface area contributed by atoms with Gasteiger partial charge in [0.25, 0.3) is 5.69 Å². The van der Waals surface area contributed by atoms with E-state index in [9.17, 15) is 10.1 Å². The Balaban J connectivity index is 2.49. The summed E-state index contributed by atoms with van der Waals surface area (Å²) in [6.07, 6.45) is 1.18. The standard InChI is InChI=1S/C11H14N2O3/c1-2-16-11(12)8-5-9-3-6-10(7-4-9)13(14)15/h3-4,6-7,12H,2,5,8H2,1H3. The summed E-state index contributed by atoms with van der Waals surface area (Å²) in [4.78, 5) is 9.99. The third-order valence-electron chi connectivity index (χ3n) is 2.11. The second kappa shape index (κ2) is 5.85. The van der Waals surface area contributed by atoms with Gasteiger partial charge in [0.15, 0.2) is 5.90 Å². The highest BCUT2D eigenvalue weighted by Crippen LogP contribution is 2.13. The number of hydrogen-bond acceptors (Lipinski definition) is 4. The molecule has 0 radical (unpaired) electrons. The minimum Gasteiger partial charge on any atom is -0.481 e. The van der Waals surface area contributed by atoms with Gasteiger partial charge in [0.05, 0.1) is 11.5 Å². The Morgan fingerprint density at radius 2 is 2.06 bits per heavy atom. The van der Waals surface area contributed by atoms with Gasteiger partial charge in [-0.25, -0.2) is 0 Å². The summed E-state index contributed by atoms with van der Waals surface area (Å²) in [6.45, 7) is 2.33. The molecule has 1 aromatic rings. The van der Waals surface area contributed by atoms with E-state index in [1.807, 2.05) is 6.92 Å². The van der Waals surface area contributed by atoms with Crippen LogP contribution in [0.3, 0.4) is 0 Å². The zero-order chi connectivity index (χ0) is 12.0. The van der Waals surface area contributed by atoms with Gasteiger partial charge in [0.1, 0.15) is 0 Å². The fourth-order valence-corrected chi connectivity index (χ4v) is 1.29. The molecular formula is C11H14N2O3. The molecule has 0 unspecified atom stereocenters. The number of rotatable bonds is 5. The van der Waals surface area contributed by atoms with Crippen molar-refractivity contribution in [1.29, 1.82) is 5.41 Å². The van der Waals surface area contributed by atoms with Crippen LogP contribution in [0.4, 0.5) is 5.69 Å². The average Bonchev–Trinajstić information content (AvgIpc) is 2.27. The first-order valence-corrected chi connectivity index (χ1v) is 5.07. The van der Waals surface area contributed by atoms with Crippen LogP contribution in [-0.2, 0) is 11.2 Å². The highest BCUT2D eigenvalue weighted by atomic mass is 16.6. The maximum atomic E-state index is 10.4. The third kappa shape index (κ3) is 3.68. The van der Waals surface area contributed by atoms with Crippen molar-refractivity contribution in [2.45, 2.75) is 19.8 Å². The number of nitrogens with one attached hydrogen (secondary N) is 1. The highest BCUT2D eigenvalue weighted by Gasteiger charge is 2.04. The van der Waals surface area contributed by atoms with E-state index in [1.54, 1.807) is 12.1 Å². The zero-order valence-corrected chi connectivity index (χ0v) is 9.10. The van der Waals surface area contributed by atoms with Crippen molar-refractivity contribution in [3.8, 4) is 0 Å². The highest BCUT2D eigenvalue weighted by molar-refractivity contribution is 5.72. The van der Waals surface area contributed by atoms with E-state index >= 15 is 0 Å². The monoisotopic (exact) mass is 222 g/mol. The zero-order valence-electron chi connectivity index (χ0n) is 9.10. The number of nitro groups is 1. The maximum absolute atomic E-state index is 10.4. The molecule has 1 aromatic carbocycles. The maximum Gasteiger partial charge on any atom is 0.269 e. The molecule has 0 aliphatic carbocycles. The molecule has 1 N–H and O–H groups in total. The van der Waals surface area contributed by atoms with Crippen LogP contribution in [0.1, 0.15) is 18.9 Å². The molecule has 0 bridgehead atoms. The summed E-state index contributed by atoms with van der Waals surface area (Å²) in [5.41, 5.74) is 1.05. The Hall–Kier alpha value is -1.91. The lowest BCUT2D eigenvalue weighted by Gasteiger charge is -2.04. The predicted molar refractivity (Wildman–Crippen MR) is 60.8 cm³/mol. The van der Waals surface area contributed by atoms with Crippen LogP contribution in [-0.4, -0.2) is 17.4 Å². The Bertz CT molecular complexity index is 373. The van der Waals surface area contributed by atoms with E-state index in [1.165, 1.54) is 12.1 Å². The van der Waals surface area contributed by atoms with Crippen LogP contribution >= 0.6 is 0 Å². The number of aryl methyl sites for hydroxylation is 1. The number of benzene rings is 1. The van der Waals surface area contributed by atoms with E-state index < -0.39 is 4.92 Å². The minimum absolute atomic E-state index is 0.0867. The average molecular weight is 222 g/mol. The molecule has 5 nitrogen and oxygen atoms in total. The molecule has 86 valence electrons. The molecule has 0 saturated heterocycles. The van der Waals surface area contributed by atoms with Gasteiger partial charge >= 0.3 is 0 Å². The van der Waals surface area contributed by atoms with Crippen LogP contribution in [0.5, 0.6) is 0 Å². The van der Waals surface area contributed by atoms with Gasteiger partial charge in [0.2, 0.25) is 0 Å². The number of non-ortho nitro benzene ring substituents is 1. The van der Waals surface area contributed by atoms with Gasteiger partial charge in [-0.05, 0) is 18.9 Å². The molecule has 0 saturated carbocycles. The Morgan fingerprint density at radius 1 is 1.44 bits per heavy atom. The van der Waals surface area contributed by atoms with Gasteiger partial charge in [-0.2, -0.15) is 0 Å². The van der Waals surface area contributed by atoms with Crippen LogP contribution in [0, 0.1) is 15.5 Å². The SMILES string of the molecule is CCOC(=N)CCc1ccc([N+](=O)[O-])cc1. The van der Waals surface area contributed by atoms with Crippen molar-refractivity contribution in [2.24, 2.45) is 0 Å². The van der Waals surface area contributed by atoms with Gasteiger partial charge in [0, 0.05) is 18.6 Å². The van der Waals surface area contributed by atoms with Crippen molar-refractivity contribution < 1.29 is 9.66 Å². The van der Waals surface area contributed by atoms with E-state index in [0.717, 1.165) is 5.56 Å². The lowest BCUT2D eigenvalue weighted by atomic mass is 10.1. The summed E-state index contributed by atoms with van der Waals surface area (Å²) in [6, 6.07) is 6.36. The van der Waals surface area contributed by atoms with E-state index in [4.69, 9.17) is 10.1 Å². The van der Waals surface area contributed by atoms with Crippen molar-refractivity contribution >= 4 is 11.6 Å². The molecule has 0 aliphatic rings. The summed E-state index contributed by atoms with van der Waals surface area (Å²) in [5, 5.41) is 17.8. The first-order valence-electron chi connectivity index (χ1n) is 5.07. The van der Waals surface area contributed by atoms with Crippen molar-refractivity contribution in [2.75, 3.05) is 6.61 Å². The third-order valence-corrected chi connectivity index (χ3v) is 2.11. The number of hydrogen-bond donors (Lipinski definition) is 1. The van der Waals surface area contributed by atoms with Crippen molar-refractivity contribution in [1.82, 2.24) is 0 Å². The minimum atomic E-state index is -0.425. The largest absolute Gasteiger partial charge is 0.481 e. The lowest BCUT2D eigenvalue weighted by molar-refractivity contribution is -0.384. The van der Waals surface area contributed by atoms with Crippen LogP contribution in [0.15, 0.2) is 24.3 Å². The van der Waals surface area contributed by atoms with Crippen molar-refractivity contribution in [3.63, 3.8) is 0 Å². The fourth-order valence-electron chi connectivity index (χ4n) is 1.29. The summed E-state index contributed by atoms with van der Waals surface area (Å²) in [7, 11) is 0. The Labute approximate surface area is 93.7 Å². The number of nitro benzene ring substituents is 1. The molecule has 16 heavy (non-hydrogen) atoms. The van der Waals surface area contributed by atoms with Crippen LogP contribution in [0.2, 0.25) is 0 Å². The Kier molecular flexibility index (Phi) is 4.44. The first-order chi connectivity index (χ1) is 7.63. The Morgan fingerprint density at radius 3 is 2.56 bits per heavy atom. The van der Waals surface area contributed by atoms with Gasteiger partial charge in [-0.1, -0.05) is 12.1 Å². The molecular weight excluding hydrogens is 208 g/mol. The quantitative estimate of drug-likeness (QED) is 0.360. The van der Waals surface area contributed by atoms with Gasteiger partial charge in [-0.15, -0.1) is 0 Å². The summed E-state index contributed by atoms with van der Waals surface area (Å²) >= 11 is 0. The first kappa shape index (κ1) is 12.2. The molecule has 0 aliphatic heterocycles. The van der Waals surface area contributed by atoms with Gasteiger partial charge < -0.3 is 4.74 Å². The summed E-state index contributed by atoms with van der Waals surface area (Å²) < 4.78 is 5.00. The summed E-state index contributed by atoms with van der Waals surface area (Å²) in [5.74, 6) is 0.251. The smallest absolute Gasteiger partial charge is 0.269 e. The van der Waals surface area contributed by atoms with Crippen LogP contribution in [0.25, 0.3) is 0 Å². The molecule has 1 rings (SSSR count). The normalized spacial score (nSPS) is 9.81. The van der Waals surface area contributed by atoms with E-state index in [2.05, 4.69) is 0 Å². The molecule has 0 fully saturated rings. The van der Waals surface area contributed by atoms with E-state index in [-0.39, 0.29) is 11.6 Å². The number of ether oxygens (including phenoxy) is 1. The van der Waals surface area contributed by atoms with Crippen LogP contribution < -0.4 is 0 Å². The molecule has 0 aromatic heterocycles. The second-order valence-electron chi connectivity index (χ2n) is 3.28. The van der Waals surface area contributed by atoms with E-state index in [0.29, 0.717) is 19.4 Å². The molecule has 0 amide bonds. The van der Waals surface area contributed by atoms with Gasteiger partial charge in [-0.3, -0.25) is 15.5 Å². The predicted octanol–water partition coefficient (Wildman–Crippen LogP) is 2.54. The number of nitrogens with zero attached hydrogens (tertiary/aromatic N) is 1. The molecule has 0 atom stereocenters. The topological polar surface area (TPSA) is 76.2 Å². The molecule has 0 heterocycles. The fraction of sp³-hybridized carbons (Fsp3) is 0.364. The van der Waals surface area contributed by atoms with Crippen molar-refractivity contribution in [3.05, 3.63) is 39.9 Å².